The molecule has 0 aromatic heterocycles. The van der Waals surface area contributed by atoms with Gasteiger partial charge in [-0.25, -0.2) is 0 Å². The van der Waals surface area contributed by atoms with Gasteiger partial charge in [-0.2, -0.15) is 0 Å². The van der Waals surface area contributed by atoms with Crippen LogP contribution in [0.15, 0.2) is 38.8 Å². The van der Waals surface area contributed by atoms with Gasteiger partial charge in [0.25, 0.3) is 0 Å². The molecule has 1 radical (unpaired) electrons. The second-order valence-electron chi connectivity index (χ2n) is 6.58. The van der Waals surface area contributed by atoms with E-state index in [-0.39, 0.29) is 5.41 Å². The third-order valence-corrected chi connectivity index (χ3v) is 8.75. The Kier molecular flexibility index (Phi) is 1.95. The van der Waals surface area contributed by atoms with Crippen molar-refractivity contribution >= 4 is 8.07 Å². The van der Waals surface area contributed by atoms with Gasteiger partial charge in [0, 0.05) is 5.41 Å². The molecule has 4 rings (SSSR count). The second kappa shape index (κ2) is 2.95. The van der Waals surface area contributed by atoms with Crippen LogP contribution in [0.5, 0.6) is 0 Å². The Morgan fingerprint density at radius 2 is 1.88 bits per heavy atom. The van der Waals surface area contributed by atoms with Crippen LogP contribution in [0.3, 0.4) is 0 Å². The molecule has 0 aromatic rings. The normalized spacial score (nSPS) is 34.0. The highest BCUT2D eigenvalue weighted by atomic mass is 28.3. The minimum absolute atomic E-state index is 0.146. The van der Waals surface area contributed by atoms with E-state index >= 15 is 0 Å². The van der Waals surface area contributed by atoms with Gasteiger partial charge >= 0.3 is 0 Å². The lowest BCUT2D eigenvalue weighted by molar-refractivity contribution is 0.615. The van der Waals surface area contributed by atoms with Gasteiger partial charge in [0.1, 0.15) is 8.07 Å². The van der Waals surface area contributed by atoms with Crippen LogP contribution in [0, 0.1) is 11.5 Å². The molecule has 0 spiro atoms. The minimum Gasteiger partial charge on any atom is -0.0689 e. The summed E-state index contributed by atoms with van der Waals surface area (Å²) in [6.07, 6.45) is 7.36. The summed E-state index contributed by atoms with van der Waals surface area (Å²) < 4.78 is 0. The molecule has 0 N–H and O–H groups in total. The summed E-state index contributed by atoms with van der Waals surface area (Å²) in [5, 5.41) is 3.34. The van der Waals surface area contributed by atoms with E-state index in [0.717, 1.165) is 6.42 Å². The lowest BCUT2D eigenvalue weighted by atomic mass is 9.80. The van der Waals surface area contributed by atoms with Crippen LogP contribution in [0.25, 0.3) is 0 Å². The van der Waals surface area contributed by atoms with Crippen LogP contribution < -0.4 is 0 Å². The zero-order chi connectivity index (χ0) is 12.6. The summed E-state index contributed by atoms with van der Waals surface area (Å²) in [7, 11) is -1.24. The first-order valence-electron chi connectivity index (χ1n) is 6.53. The zero-order valence-corrected chi connectivity index (χ0v) is 12.8. The van der Waals surface area contributed by atoms with Crippen molar-refractivity contribution in [3.05, 3.63) is 44.8 Å². The van der Waals surface area contributed by atoms with E-state index in [9.17, 15) is 0 Å². The number of allylic oxidation sites excluding steroid dienone is 8. The fraction of sp³-hybridized carbons (Fsp3) is 0.500. The maximum Gasteiger partial charge on any atom is 0.110 e. The van der Waals surface area contributed by atoms with Crippen LogP contribution >= 0.6 is 0 Å². The zero-order valence-electron chi connectivity index (χ0n) is 11.8. The molecule has 0 amide bonds. The summed E-state index contributed by atoms with van der Waals surface area (Å²) >= 11 is 0. The molecule has 0 saturated carbocycles. The van der Waals surface area contributed by atoms with Gasteiger partial charge in [-0.1, -0.05) is 41.1 Å². The van der Waals surface area contributed by atoms with E-state index in [1.165, 1.54) is 11.1 Å². The second-order valence-corrected chi connectivity index (χ2v) is 10.8. The summed E-state index contributed by atoms with van der Waals surface area (Å²) in [6.45, 7) is 14.2. The van der Waals surface area contributed by atoms with E-state index < -0.39 is 8.07 Å². The maximum absolute atomic E-state index is 3.85. The predicted molar refractivity (Wildman–Crippen MR) is 76.1 cm³/mol. The van der Waals surface area contributed by atoms with E-state index in [2.05, 4.69) is 52.9 Å². The fourth-order valence-corrected chi connectivity index (χ4v) is 8.62. The standard InChI is InChI=1S/C16H21Si/c1-10-7-11(2)13(8-10)16(4)9-14-12(3)15(16)17(14,5)6/h7H,8H2,1-6H3. The molecule has 1 unspecified atom stereocenters. The van der Waals surface area contributed by atoms with E-state index in [0.29, 0.717) is 0 Å². The lowest BCUT2D eigenvalue weighted by Crippen LogP contribution is -2.42. The highest BCUT2D eigenvalue weighted by Crippen LogP contribution is 2.62. The van der Waals surface area contributed by atoms with Gasteiger partial charge in [-0.15, -0.1) is 0 Å². The molecule has 2 aliphatic carbocycles. The van der Waals surface area contributed by atoms with Crippen molar-refractivity contribution in [2.45, 2.75) is 47.2 Å². The van der Waals surface area contributed by atoms with E-state index in [1.807, 2.05) is 0 Å². The largest absolute Gasteiger partial charge is 0.110 e. The fourth-order valence-electron chi connectivity index (χ4n) is 4.41. The average molecular weight is 241 g/mol. The molecule has 2 heterocycles. The van der Waals surface area contributed by atoms with Gasteiger partial charge in [0.2, 0.25) is 0 Å². The highest BCUT2D eigenvalue weighted by molar-refractivity contribution is 6.96. The van der Waals surface area contributed by atoms with Crippen molar-refractivity contribution in [3.63, 3.8) is 0 Å². The molecule has 89 valence electrons. The lowest BCUT2D eigenvalue weighted by Gasteiger charge is -2.41. The summed E-state index contributed by atoms with van der Waals surface area (Å²) in [5.41, 5.74) is 6.31. The topological polar surface area (TPSA) is 0 Å². The van der Waals surface area contributed by atoms with Crippen molar-refractivity contribution in [2.24, 2.45) is 5.41 Å². The van der Waals surface area contributed by atoms with Crippen LogP contribution in [0.1, 0.15) is 34.1 Å². The summed E-state index contributed by atoms with van der Waals surface area (Å²) in [5.74, 6) is 0. The maximum atomic E-state index is 3.85. The molecule has 1 heteroatoms. The molecule has 2 aliphatic heterocycles. The average Bonchev–Trinajstić information content (AvgIpc) is 2.75. The molecular weight excluding hydrogens is 220 g/mol. The number of fused-ring (bicyclic) bond motifs is 1. The Labute approximate surface area is 106 Å². The third kappa shape index (κ3) is 1.14. The smallest absolute Gasteiger partial charge is 0.0689 e. The van der Waals surface area contributed by atoms with Crippen molar-refractivity contribution < 1.29 is 0 Å². The van der Waals surface area contributed by atoms with Gasteiger partial charge in [-0.3, -0.25) is 0 Å². The van der Waals surface area contributed by atoms with Crippen molar-refractivity contribution in [2.75, 3.05) is 0 Å². The molecule has 0 aromatic carbocycles. The van der Waals surface area contributed by atoms with E-state index in [4.69, 9.17) is 0 Å². The molecule has 0 saturated heterocycles. The molecule has 1 atom stereocenters. The molecule has 2 bridgehead atoms. The first-order chi connectivity index (χ1) is 7.78. The third-order valence-electron chi connectivity index (χ3n) is 4.87. The van der Waals surface area contributed by atoms with Crippen molar-refractivity contribution in [3.8, 4) is 0 Å². The van der Waals surface area contributed by atoms with Crippen molar-refractivity contribution in [1.82, 2.24) is 0 Å². The first kappa shape index (κ1) is 11.3. The van der Waals surface area contributed by atoms with Gasteiger partial charge < -0.3 is 0 Å². The van der Waals surface area contributed by atoms with E-state index in [1.54, 1.807) is 21.5 Å². The van der Waals surface area contributed by atoms with Gasteiger partial charge in [-0.05, 0) is 51.0 Å². The summed E-state index contributed by atoms with van der Waals surface area (Å²) in [6, 6.07) is 0. The molecule has 0 fully saturated rings. The molecule has 17 heavy (non-hydrogen) atoms. The van der Waals surface area contributed by atoms with Crippen LogP contribution in [0.4, 0.5) is 0 Å². The minimum atomic E-state index is -1.24. The van der Waals surface area contributed by atoms with Crippen LogP contribution in [-0.2, 0) is 0 Å². The summed E-state index contributed by atoms with van der Waals surface area (Å²) in [4.78, 5) is 0. The predicted octanol–water partition coefficient (Wildman–Crippen LogP) is 4.52. The number of hydrogen-bond donors (Lipinski definition) is 0. The SMILES string of the molecule is CC1=CC(C)=C(C2(C)[C]=C3C(C)=C2[Si]3(C)C)C1. The first-order valence-corrected chi connectivity index (χ1v) is 9.53. The van der Waals surface area contributed by atoms with Crippen LogP contribution in [0.2, 0.25) is 13.1 Å². The monoisotopic (exact) mass is 241 g/mol. The Balaban J connectivity index is 2.10. The quantitative estimate of drug-likeness (QED) is 0.592. The Bertz CT molecular complexity index is 552. The highest BCUT2D eigenvalue weighted by Gasteiger charge is 2.57. The van der Waals surface area contributed by atoms with Crippen molar-refractivity contribution in [1.29, 1.82) is 0 Å². The number of rotatable bonds is 1. The molecular formula is C16H21Si. The molecule has 0 nitrogen and oxygen atoms in total. The van der Waals surface area contributed by atoms with Gasteiger partial charge in [0.05, 0.1) is 0 Å². The Morgan fingerprint density at radius 1 is 1.24 bits per heavy atom. The van der Waals surface area contributed by atoms with Gasteiger partial charge in [0.15, 0.2) is 0 Å². The Morgan fingerprint density at radius 3 is 2.24 bits per heavy atom. The molecule has 4 aliphatic rings. The number of hydrogen-bond acceptors (Lipinski definition) is 0. The van der Waals surface area contributed by atoms with Crippen LogP contribution in [-0.4, -0.2) is 8.07 Å². The Hall–Kier alpha value is -0.823.